The summed E-state index contributed by atoms with van der Waals surface area (Å²) in [4.78, 5) is 13.5. The summed E-state index contributed by atoms with van der Waals surface area (Å²) in [6, 6.07) is 0. The highest BCUT2D eigenvalue weighted by atomic mass is 16.3. The number of carbonyl (C=O) groups excluding carboxylic acids is 1. The monoisotopic (exact) mass is 200 g/mol. The topological polar surface area (TPSA) is 66.6 Å². The fourth-order valence-electron chi connectivity index (χ4n) is 1.80. The number of likely N-dealkylation sites (tertiary alicyclic amines) is 1. The van der Waals surface area contributed by atoms with Crippen LogP contribution in [-0.4, -0.2) is 41.7 Å². The predicted octanol–water partition coefficient (Wildman–Crippen LogP) is -0.0454. The molecule has 0 aliphatic carbocycles. The Hall–Kier alpha value is -0.610. The summed E-state index contributed by atoms with van der Waals surface area (Å²) < 4.78 is 0. The number of β-amino-alcohol motifs (C(OH)–C–C–N with tert-alkyl or cyclic N) is 1. The first kappa shape index (κ1) is 11.5. The van der Waals surface area contributed by atoms with Crippen LogP contribution in [0.4, 0.5) is 0 Å². The number of amides is 1. The normalized spacial score (nSPS) is 23.9. The van der Waals surface area contributed by atoms with Crippen LogP contribution in [0.2, 0.25) is 0 Å². The van der Waals surface area contributed by atoms with Crippen molar-refractivity contribution in [2.45, 2.75) is 32.3 Å². The molecule has 0 saturated carbocycles. The van der Waals surface area contributed by atoms with Crippen LogP contribution in [0.3, 0.4) is 0 Å². The van der Waals surface area contributed by atoms with Crippen LogP contribution in [0.5, 0.6) is 0 Å². The molecule has 3 N–H and O–H groups in total. The molecule has 0 radical (unpaired) electrons. The first-order valence-electron chi connectivity index (χ1n) is 5.32. The second-order valence-corrected chi connectivity index (χ2v) is 4.06. The van der Waals surface area contributed by atoms with E-state index in [-0.39, 0.29) is 17.9 Å². The minimum Gasteiger partial charge on any atom is -0.391 e. The van der Waals surface area contributed by atoms with Gasteiger partial charge in [0.15, 0.2) is 0 Å². The second-order valence-electron chi connectivity index (χ2n) is 4.06. The van der Waals surface area contributed by atoms with Crippen molar-refractivity contribution in [3.05, 3.63) is 0 Å². The van der Waals surface area contributed by atoms with Gasteiger partial charge >= 0.3 is 0 Å². The molecule has 1 rings (SSSR count). The van der Waals surface area contributed by atoms with Gasteiger partial charge in [-0.1, -0.05) is 6.92 Å². The zero-order valence-corrected chi connectivity index (χ0v) is 8.78. The van der Waals surface area contributed by atoms with Crippen molar-refractivity contribution in [2.75, 3.05) is 19.6 Å². The molecule has 0 bridgehead atoms. The number of hydrogen-bond donors (Lipinski definition) is 2. The van der Waals surface area contributed by atoms with Gasteiger partial charge in [0.05, 0.1) is 6.10 Å². The lowest BCUT2D eigenvalue weighted by molar-refractivity contribution is -0.134. The Morgan fingerprint density at radius 2 is 2.43 bits per heavy atom. The summed E-state index contributed by atoms with van der Waals surface area (Å²) in [6.07, 6.45) is 2.14. The van der Waals surface area contributed by atoms with E-state index >= 15 is 0 Å². The quantitative estimate of drug-likeness (QED) is 0.669. The molecule has 1 aliphatic heterocycles. The van der Waals surface area contributed by atoms with E-state index in [2.05, 4.69) is 0 Å². The molecule has 1 aliphatic rings. The average molecular weight is 200 g/mol. The Bertz CT molecular complexity index is 197. The minimum atomic E-state index is -0.319. The van der Waals surface area contributed by atoms with Crippen LogP contribution in [-0.2, 0) is 4.79 Å². The van der Waals surface area contributed by atoms with E-state index in [4.69, 9.17) is 5.73 Å². The summed E-state index contributed by atoms with van der Waals surface area (Å²) in [6.45, 7) is 3.78. The summed E-state index contributed by atoms with van der Waals surface area (Å²) in [7, 11) is 0. The van der Waals surface area contributed by atoms with Crippen molar-refractivity contribution in [2.24, 2.45) is 11.7 Å². The first-order valence-corrected chi connectivity index (χ1v) is 5.32. The van der Waals surface area contributed by atoms with Gasteiger partial charge in [0.25, 0.3) is 0 Å². The number of aliphatic hydroxyl groups excluding tert-OH is 1. The lowest BCUT2D eigenvalue weighted by atomic mass is 10.0. The van der Waals surface area contributed by atoms with Crippen LogP contribution in [0, 0.1) is 5.92 Å². The molecule has 82 valence electrons. The fraction of sp³-hybridized carbons (Fsp3) is 0.900. The number of hydrogen-bond acceptors (Lipinski definition) is 3. The van der Waals surface area contributed by atoms with Gasteiger partial charge in [-0.25, -0.2) is 0 Å². The molecule has 0 spiro atoms. The number of rotatable bonds is 4. The summed E-state index contributed by atoms with van der Waals surface area (Å²) in [5.74, 6) is 0.207. The van der Waals surface area contributed by atoms with Crippen LogP contribution < -0.4 is 5.73 Å². The molecule has 0 aromatic rings. The van der Waals surface area contributed by atoms with E-state index in [0.29, 0.717) is 19.6 Å². The lowest BCUT2D eigenvalue weighted by Crippen LogP contribution is -2.34. The van der Waals surface area contributed by atoms with Crippen LogP contribution in [0.1, 0.15) is 26.2 Å². The van der Waals surface area contributed by atoms with Gasteiger partial charge < -0.3 is 15.7 Å². The highest BCUT2D eigenvalue weighted by Gasteiger charge is 2.27. The molecule has 1 fully saturated rings. The predicted molar refractivity (Wildman–Crippen MR) is 54.7 cm³/mol. The number of nitrogens with zero attached hydrogens (tertiary/aromatic N) is 1. The maximum Gasteiger partial charge on any atom is 0.225 e. The van der Waals surface area contributed by atoms with E-state index in [1.54, 1.807) is 4.90 Å². The van der Waals surface area contributed by atoms with E-state index in [0.717, 1.165) is 19.3 Å². The van der Waals surface area contributed by atoms with E-state index in [1.807, 2.05) is 6.92 Å². The van der Waals surface area contributed by atoms with Crippen LogP contribution >= 0.6 is 0 Å². The molecule has 0 aromatic carbocycles. The standard InChI is InChI=1S/C10H20N2O2/c1-8(3-2-5-11)10(14)12-6-4-9(13)7-12/h8-9,13H,2-7,11H2,1H3/t8?,9-/m1/s1. The number of nitrogens with two attached hydrogens (primary N) is 1. The number of aliphatic hydroxyl groups is 1. The van der Waals surface area contributed by atoms with Gasteiger partial charge in [0, 0.05) is 19.0 Å². The van der Waals surface area contributed by atoms with E-state index < -0.39 is 0 Å². The molecule has 14 heavy (non-hydrogen) atoms. The summed E-state index contributed by atoms with van der Waals surface area (Å²) >= 11 is 0. The molecule has 4 nitrogen and oxygen atoms in total. The SMILES string of the molecule is CC(CCCN)C(=O)N1CC[C@@H](O)C1. The van der Waals surface area contributed by atoms with Gasteiger partial charge in [-0.05, 0) is 25.8 Å². The second kappa shape index (κ2) is 5.32. The lowest BCUT2D eigenvalue weighted by Gasteiger charge is -2.20. The Kier molecular flexibility index (Phi) is 4.35. The maximum atomic E-state index is 11.8. The first-order chi connectivity index (χ1) is 6.65. The van der Waals surface area contributed by atoms with E-state index in [9.17, 15) is 9.90 Å². The smallest absolute Gasteiger partial charge is 0.225 e. The molecule has 4 heteroatoms. The van der Waals surface area contributed by atoms with Crippen LogP contribution in [0.25, 0.3) is 0 Å². The Morgan fingerprint density at radius 3 is 2.93 bits per heavy atom. The maximum absolute atomic E-state index is 11.8. The Labute approximate surface area is 85.1 Å². The van der Waals surface area contributed by atoms with Gasteiger partial charge in [0.2, 0.25) is 5.91 Å². The fourth-order valence-corrected chi connectivity index (χ4v) is 1.80. The third kappa shape index (κ3) is 2.96. The zero-order valence-electron chi connectivity index (χ0n) is 8.78. The highest BCUT2D eigenvalue weighted by molar-refractivity contribution is 5.78. The highest BCUT2D eigenvalue weighted by Crippen LogP contribution is 2.15. The van der Waals surface area contributed by atoms with Crippen molar-refractivity contribution in [3.63, 3.8) is 0 Å². The molecule has 1 heterocycles. The Morgan fingerprint density at radius 1 is 1.71 bits per heavy atom. The molecular weight excluding hydrogens is 180 g/mol. The van der Waals surface area contributed by atoms with Gasteiger partial charge in [-0.3, -0.25) is 4.79 Å². The van der Waals surface area contributed by atoms with Gasteiger partial charge in [-0.2, -0.15) is 0 Å². The third-order valence-corrected chi connectivity index (χ3v) is 2.74. The van der Waals surface area contributed by atoms with E-state index in [1.165, 1.54) is 0 Å². The number of carbonyl (C=O) groups is 1. The molecule has 1 saturated heterocycles. The minimum absolute atomic E-state index is 0.0452. The van der Waals surface area contributed by atoms with Gasteiger partial charge in [0.1, 0.15) is 0 Å². The molecular formula is C10H20N2O2. The van der Waals surface area contributed by atoms with Crippen molar-refractivity contribution < 1.29 is 9.90 Å². The average Bonchev–Trinajstić information content (AvgIpc) is 2.60. The Balaban J connectivity index is 2.32. The molecule has 0 aromatic heterocycles. The van der Waals surface area contributed by atoms with Crippen molar-refractivity contribution in [1.82, 2.24) is 4.90 Å². The third-order valence-electron chi connectivity index (χ3n) is 2.74. The molecule has 1 amide bonds. The molecule has 1 unspecified atom stereocenters. The van der Waals surface area contributed by atoms with Gasteiger partial charge in [-0.15, -0.1) is 0 Å². The van der Waals surface area contributed by atoms with Crippen molar-refractivity contribution >= 4 is 5.91 Å². The summed E-state index contributed by atoms with van der Waals surface area (Å²) in [5, 5.41) is 9.29. The largest absolute Gasteiger partial charge is 0.391 e. The van der Waals surface area contributed by atoms with Crippen LogP contribution in [0.15, 0.2) is 0 Å². The molecule has 2 atom stereocenters. The summed E-state index contributed by atoms with van der Waals surface area (Å²) in [5.41, 5.74) is 5.39. The van der Waals surface area contributed by atoms with Crippen molar-refractivity contribution in [1.29, 1.82) is 0 Å². The van der Waals surface area contributed by atoms with Crippen molar-refractivity contribution in [3.8, 4) is 0 Å². The zero-order chi connectivity index (χ0) is 10.6.